The van der Waals surface area contributed by atoms with E-state index >= 15 is 4.39 Å². The Morgan fingerprint density at radius 3 is 2.23 bits per heavy atom. The molecule has 5 nitrogen and oxygen atoms in total. The van der Waals surface area contributed by atoms with E-state index in [4.69, 9.17) is 4.74 Å². The molecule has 1 aliphatic heterocycles. The highest BCUT2D eigenvalue weighted by Crippen LogP contribution is 2.39. The molecule has 0 radical (unpaired) electrons. The molecule has 1 fully saturated rings. The minimum absolute atomic E-state index is 0.0621. The number of rotatable bonds is 8. The standard InChI is InChI=1S/C29H29B4F5N2O3/c30-23-22(24(31)26(33)28(25(23)32)43-6-5-40-11-13(9-34)12-40)27(42)21-17-4-2-15(41)8-20(17)39-10-18(21)16-3-1-14(7-19(16)35)29(36,37)38/h1-4,7-8,10,13,27,41-42H,5-6,9,11-12,30-33H2. The average Bonchev–Trinajstić information content (AvgIpc) is 2.93. The first-order valence-electron chi connectivity index (χ1n) is 14.0. The van der Waals surface area contributed by atoms with Crippen LogP contribution in [0.5, 0.6) is 11.5 Å². The van der Waals surface area contributed by atoms with E-state index in [9.17, 15) is 27.8 Å². The Bertz CT molecular complexity index is 1670. The topological polar surface area (TPSA) is 65.8 Å². The van der Waals surface area contributed by atoms with Crippen molar-refractivity contribution in [2.75, 3.05) is 32.9 Å². The van der Waals surface area contributed by atoms with Crippen molar-refractivity contribution in [3.05, 3.63) is 65.1 Å². The maximum atomic E-state index is 15.3. The van der Waals surface area contributed by atoms with Crippen molar-refractivity contribution in [1.82, 2.24) is 9.88 Å². The van der Waals surface area contributed by atoms with Crippen molar-refractivity contribution in [1.29, 1.82) is 0 Å². The summed E-state index contributed by atoms with van der Waals surface area (Å²) in [5.41, 5.74) is 3.11. The van der Waals surface area contributed by atoms with E-state index in [0.29, 0.717) is 54.5 Å². The summed E-state index contributed by atoms with van der Waals surface area (Å²) in [7, 11) is 7.47. The summed E-state index contributed by atoms with van der Waals surface area (Å²) in [6.07, 6.45) is -4.74. The number of hydrogen-bond donors (Lipinski definition) is 2. The lowest BCUT2D eigenvalue weighted by atomic mass is 9.64. The van der Waals surface area contributed by atoms with Crippen LogP contribution < -0.4 is 26.6 Å². The molecule has 220 valence electrons. The molecule has 4 aromatic rings. The number of aliphatic hydroxyl groups is 1. The van der Waals surface area contributed by atoms with Crippen molar-refractivity contribution < 1.29 is 36.9 Å². The number of benzene rings is 3. The molecule has 2 N–H and O–H groups in total. The van der Waals surface area contributed by atoms with Crippen molar-refractivity contribution >= 4 is 64.1 Å². The van der Waals surface area contributed by atoms with E-state index < -0.39 is 23.7 Å². The Kier molecular flexibility index (Phi) is 8.55. The number of alkyl halides is 4. The van der Waals surface area contributed by atoms with E-state index in [1.807, 2.05) is 31.4 Å². The molecular formula is C29H29B4F5N2O3. The third-order valence-electron chi connectivity index (χ3n) is 8.55. The highest BCUT2D eigenvalue weighted by molar-refractivity contribution is 6.59. The summed E-state index contributed by atoms with van der Waals surface area (Å²) < 4.78 is 74.0. The van der Waals surface area contributed by atoms with Crippen LogP contribution in [-0.2, 0) is 6.18 Å². The maximum Gasteiger partial charge on any atom is 0.416 e. The van der Waals surface area contributed by atoms with Gasteiger partial charge in [0.25, 0.3) is 0 Å². The van der Waals surface area contributed by atoms with Crippen LogP contribution >= 0.6 is 0 Å². The fourth-order valence-electron chi connectivity index (χ4n) is 5.93. The van der Waals surface area contributed by atoms with Crippen LogP contribution in [0.15, 0.2) is 42.6 Å². The minimum Gasteiger partial charge on any atom is -0.508 e. The number of pyridine rings is 1. The summed E-state index contributed by atoms with van der Waals surface area (Å²) in [5, 5.41) is 22.5. The summed E-state index contributed by atoms with van der Waals surface area (Å²) in [4.78, 5) is 6.45. The van der Waals surface area contributed by atoms with Crippen LogP contribution in [-0.4, -0.2) is 84.4 Å². The molecule has 0 spiro atoms. The zero-order valence-electron chi connectivity index (χ0n) is 24.3. The maximum absolute atomic E-state index is 15.3. The number of hydrogen-bond acceptors (Lipinski definition) is 5. The first kappa shape index (κ1) is 30.9. The molecule has 0 bridgehead atoms. The number of ether oxygens (including phenoxy) is 1. The molecule has 0 amide bonds. The molecule has 1 unspecified atom stereocenters. The molecule has 0 saturated carbocycles. The van der Waals surface area contributed by atoms with Crippen LogP contribution in [0.3, 0.4) is 0 Å². The summed E-state index contributed by atoms with van der Waals surface area (Å²) >= 11 is 0. The van der Waals surface area contributed by atoms with Crippen LogP contribution in [0.1, 0.15) is 22.8 Å². The molecule has 43 heavy (non-hydrogen) atoms. The third kappa shape index (κ3) is 5.87. The van der Waals surface area contributed by atoms with Gasteiger partial charge in [0.15, 0.2) is 0 Å². The van der Waals surface area contributed by atoms with Crippen LogP contribution in [0.2, 0.25) is 0 Å². The molecule has 1 atom stereocenters. The molecular weight excluding hydrogens is 563 g/mol. The Hall–Kier alpha value is -3.50. The molecule has 0 aliphatic carbocycles. The first-order valence-corrected chi connectivity index (χ1v) is 14.0. The Labute approximate surface area is 249 Å². The second kappa shape index (κ2) is 11.9. The summed E-state index contributed by atoms with van der Waals surface area (Å²) in [5.74, 6) is -0.393. The predicted octanol–water partition coefficient (Wildman–Crippen LogP) is -0.839. The average molecular weight is 592 g/mol. The molecule has 1 saturated heterocycles. The number of fused-ring (bicyclic) bond motifs is 1. The molecule has 14 heteroatoms. The largest absolute Gasteiger partial charge is 0.508 e. The first-order chi connectivity index (χ1) is 20.3. The van der Waals surface area contributed by atoms with E-state index in [-0.39, 0.29) is 35.0 Å². The van der Waals surface area contributed by atoms with Gasteiger partial charge < -0.3 is 14.9 Å². The van der Waals surface area contributed by atoms with Crippen LogP contribution in [0, 0.1) is 11.7 Å². The molecule has 3 aromatic carbocycles. The van der Waals surface area contributed by atoms with E-state index in [1.165, 1.54) is 18.3 Å². The quantitative estimate of drug-likeness (QED) is 0.207. The molecule has 1 aromatic heterocycles. The molecule has 2 heterocycles. The van der Waals surface area contributed by atoms with Gasteiger partial charge in [-0.05, 0) is 29.8 Å². The van der Waals surface area contributed by atoms with Crippen LogP contribution in [0.25, 0.3) is 22.0 Å². The normalized spacial score (nSPS) is 15.0. The van der Waals surface area contributed by atoms with E-state index in [0.717, 1.165) is 34.0 Å². The van der Waals surface area contributed by atoms with Crippen molar-refractivity contribution in [2.45, 2.75) is 12.3 Å². The summed E-state index contributed by atoms with van der Waals surface area (Å²) in [6, 6.07) is 6.63. The number of aromatic nitrogens is 1. The van der Waals surface area contributed by atoms with Gasteiger partial charge in [-0.1, -0.05) is 27.9 Å². The predicted molar refractivity (Wildman–Crippen MR) is 168 cm³/mol. The number of phenolic OH excluding ortho intramolecular Hbond substituents is 1. The van der Waals surface area contributed by atoms with Gasteiger partial charge in [0, 0.05) is 59.9 Å². The van der Waals surface area contributed by atoms with Gasteiger partial charge in [0.1, 0.15) is 61.4 Å². The lowest BCUT2D eigenvalue weighted by Gasteiger charge is -2.37. The minimum atomic E-state index is -4.72. The zero-order valence-corrected chi connectivity index (χ0v) is 24.3. The lowest BCUT2D eigenvalue weighted by Crippen LogP contribution is -2.50. The van der Waals surface area contributed by atoms with E-state index in [2.05, 4.69) is 9.88 Å². The number of aliphatic hydroxyl groups excluding tert-OH is 1. The number of aromatic hydroxyl groups is 1. The Morgan fingerprint density at radius 1 is 0.953 bits per heavy atom. The van der Waals surface area contributed by atoms with Crippen LogP contribution in [0.4, 0.5) is 22.0 Å². The van der Waals surface area contributed by atoms with E-state index in [1.54, 1.807) is 6.07 Å². The third-order valence-corrected chi connectivity index (χ3v) is 8.55. The van der Waals surface area contributed by atoms with Crippen molar-refractivity contribution in [3.63, 3.8) is 0 Å². The number of phenols is 1. The van der Waals surface area contributed by atoms with Crippen molar-refractivity contribution in [3.8, 4) is 22.6 Å². The fourth-order valence-corrected chi connectivity index (χ4v) is 5.93. The highest BCUT2D eigenvalue weighted by Gasteiger charge is 2.32. The lowest BCUT2D eigenvalue weighted by molar-refractivity contribution is -0.137. The van der Waals surface area contributed by atoms with Gasteiger partial charge in [-0.3, -0.25) is 14.3 Å². The SMILES string of the molecule is Bc1c(B)c(C(O)c2c(-c3ccc(C(F)(F)F)cc3F)cnc3cc(O)ccc23)c(B)c(B)c1OCCN1CC(CF)C1. The van der Waals surface area contributed by atoms with Gasteiger partial charge in [-0.25, -0.2) is 4.39 Å². The van der Waals surface area contributed by atoms with Gasteiger partial charge in [0.05, 0.1) is 17.8 Å². The highest BCUT2D eigenvalue weighted by atomic mass is 19.4. The smallest absolute Gasteiger partial charge is 0.416 e. The molecule has 5 rings (SSSR count). The van der Waals surface area contributed by atoms with Gasteiger partial charge >= 0.3 is 6.18 Å². The Balaban J connectivity index is 1.59. The number of nitrogens with zero attached hydrogens (tertiary/aromatic N) is 2. The molecule has 1 aliphatic rings. The number of halogens is 5. The van der Waals surface area contributed by atoms with Crippen molar-refractivity contribution in [2.24, 2.45) is 5.92 Å². The number of likely N-dealkylation sites (tertiary alicyclic amines) is 1. The monoisotopic (exact) mass is 592 g/mol. The van der Waals surface area contributed by atoms with Gasteiger partial charge in [-0.2, -0.15) is 13.2 Å². The zero-order chi connectivity index (χ0) is 31.2. The second-order valence-electron chi connectivity index (χ2n) is 11.3. The summed E-state index contributed by atoms with van der Waals surface area (Å²) in [6.45, 7) is 2.17. The Morgan fingerprint density at radius 2 is 1.63 bits per heavy atom. The van der Waals surface area contributed by atoms with Gasteiger partial charge in [-0.15, -0.1) is 0 Å². The second-order valence-corrected chi connectivity index (χ2v) is 11.3. The fraction of sp³-hybridized carbons (Fsp3) is 0.276. The van der Waals surface area contributed by atoms with Gasteiger partial charge in [0.2, 0.25) is 0 Å².